The average molecular weight is 304 g/mol. The predicted molar refractivity (Wildman–Crippen MR) is 46.4 cm³/mol. The fraction of sp³-hybridized carbons (Fsp3) is 0.333. The number of nitrogens with zero attached hydrogens (tertiary/aromatic N) is 2. The van der Waals surface area contributed by atoms with Gasteiger partial charge < -0.3 is 0 Å². The quantitative estimate of drug-likeness (QED) is 0.617. The Kier molecular flexibility index (Phi) is 2.94. The highest BCUT2D eigenvalue weighted by Gasteiger charge is 2.28. The van der Waals surface area contributed by atoms with Crippen LogP contribution in [0.25, 0.3) is 0 Å². The molecule has 0 aliphatic rings. The molecule has 7 heteroatoms. The Morgan fingerprint density at radius 1 is 1.62 bits per heavy atom. The van der Waals surface area contributed by atoms with Crippen LogP contribution in [0.4, 0.5) is 13.2 Å². The number of aldehydes is 1. The van der Waals surface area contributed by atoms with Gasteiger partial charge in [-0.05, 0) is 22.6 Å². The molecule has 0 radical (unpaired) electrons. The molecule has 0 bridgehead atoms. The Morgan fingerprint density at radius 3 is 2.62 bits per heavy atom. The van der Waals surface area contributed by atoms with E-state index < -0.39 is 12.7 Å². The van der Waals surface area contributed by atoms with Crippen molar-refractivity contribution in [1.29, 1.82) is 0 Å². The Hall–Kier alpha value is -0.600. The summed E-state index contributed by atoms with van der Waals surface area (Å²) in [4.78, 5) is 10.3. The summed E-state index contributed by atoms with van der Waals surface area (Å²) in [5.41, 5.74) is 0.171. The maximum absolute atomic E-state index is 11.8. The number of aromatic nitrogens is 2. The molecule has 0 aromatic carbocycles. The fourth-order valence-electron chi connectivity index (χ4n) is 0.757. The Morgan fingerprint density at radius 2 is 2.23 bits per heavy atom. The number of hydrogen-bond acceptors (Lipinski definition) is 2. The molecule has 0 N–H and O–H groups in total. The molecule has 0 aliphatic heterocycles. The second-order valence-electron chi connectivity index (χ2n) is 2.31. The Labute approximate surface area is 85.1 Å². The summed E-state index contributed by atoms with van der Waals surface area (Å²) in [5, 5.41) is 3.52. The van der Waals surface area contributed by atoms with Crippen LogP contribution < -0.4 is 0 Å². The van der Waals surface area contributed by atoms with E-state index in [2.05, 4.69) is 5.10 Å². The highest BCUT2D eigenvalue weighted by molar-refractivity contribution is 14.1. The van der Waals surface area contributed by atoms with E-state index >= 15 is 0 Å². The molecule has 0 atom stereocenters. The first-order valence-electron chi connectivity index (χ1n) is 3.17. The van der Waals surface area contributed by atoms with Crippen molar-refractivity contribution in [2.45, 2.75) is 12.7 Å². The van der Waals surface area contributed by atoms with Gasteiger partial charge in [0, 0.05) is 6.20 Å². The predicted octanol–water partition coefficient (Wildman–Crippen LogP) is 1.86. The summed E-state index contributed by atoms with van der Waals surface area (Å²) < 4.78 is 36.5. The van der Waals surface area contributed by atoms with E-state index in [0.717, 1.165) is 6.20 Å². The molecule has 0 saturated carbocycles. The Bertz CT molecular complexity index is 320. The second kappa shape index (κ2) is 3.64. The summed E-state index contributed by atoms with van der Waals surface area (Å²) in [6.07, 6.45) is -2.76. The molecule has 0 aliphatic carbocycles. The van der Waals surface area contributed by atoms with Crippen LogP contribution in [0.5, 0.6) is 0 Å². The minimum absolute atomic E-state index is 0.171. The molecule has 0 spiro atoms. The summed E-state index contributed by atoms with van der Waals surface area (Å²) in [7, 11) is 0. The number of halogens is 4. The van der Waals surface area contributed by atoms with E-state index in [1.54, 1.807) is 22.6 Å². The SMILES string of the molecule is O=Cc1cn(CC(F)(F)F)nc1I. The zero-order valence-corrected chi connectivity index (χ0v) is 8.33. The molecular weight excluding hydrogens is 300 g/mol. The molecule has 0 unspecified atom stereocenters. The molecule has 0 fully saturated rings. The zero-order valence-electron chi connectivity index (χ0n) is 6.18. The molecule has 1 heterocycles. The maximum Gasteiger partial charge on any atom is 0.408 e. The van der Waals surface area contributed by atoms with Gasteiger partial charge in [-0.15, -0.1) is 0 Å². The van der Waals surface area contributed by atoms with E-state index in [0.29, 0.717) is 11.0 Å². The van der Waals surface area contributed by atoms with Gasteiger partial charge in [-0.3, -0.25) is 9.48 Å². The maximum atomic E-state index is 11.8. The van der Waals surface area contributed by atoms with Crippen LogP contribution in [0.3, 0.4) is 0 Å². The minimum Gasteiger partial charge on any atom is -0.298 e. The first-order valence-corrected chi connectivity index (χ1v) is 4.25. The lowest BCUT2D eigenvalue weighted by Gasteiger charge is -2.04. The Balaban J connectivity index is 2.85. The molecule has 72 valence electrons. The second-order valence-corrected chi connectivity index (χ2v) is 3.33. The van der Waals surface area contributed by atoms with Gasteiger partial charge in [-0.25, -0.2) is 0 Å². The highest BCUT2D eigenvalue weighted by atomic mass is 127. The third kappa shape index (κ3) is 2.98. The van der Waals surface area contributed by atoms with Crippen LogP contribution in [-0.4, -0.2) is 22.2 Å². The van der Waals surface area contributed by atoms with Crippen LogP contribution in [0.1, 0.15) is 10.4 Å². The van der Waals surface area contributed by atoms with Crippen LogP contribution in [0, 0.1) is 3.70 Å². The molecule has 0 amide bonds. The summed E-state index contributed by atoms with van der Waals surface area (Å²) in [5.74, 6) is 0. The van der Waals surface area contributed by atoms with E-state index in [9.17, 15) is 18.0 Å². The number of alkyl halides is 3. The van der Waals surface area contributed by atoms with Gasteiger partial charge in [0.1, 0.15) is 10.2 Å². The van der Waals surface area contributed by atoms with E-state index in [-0.39, 0.29) is 9.26 Å². The van der Waals surface area contributed by atoms with Crippen molar-refractivity contribution in [3.63, 3.8) is 0 Å². The van der Waals surface area contributed by atoms with Gasteiger partial charge in [0.2, 0.25) is 0 Å². The first-order chi connectivity index (χ1) is 5.92. The van der Waals surface area contributed by atoms with E-state index in [1.165, 1.54) is 0 Å². The van der Waals surface area contributed by atoms with Crippen LogP contribution in [0.2, 0.25) is 0 Å². The lowest BCUT2D eigenvalue weighted by molar-refractivity contribution is -0.142. The van der Waals surface area contributed by atoms with Crippen LogP contribution in [-0.2, 0) is 6.54 Å². The first kappa shape index (κ1) is 10.5. The van der Waals surface area contributed by atoms with Crippen molar-refractivity contribution in [2.24, 2.45) is 0 Å². The molecule has 1 rings (SSSR count). The van der Waals surface area contributed by atoms with Crippen molar-refractivity contribution in [2.75, 3.05) is 0 Å². The van der Waals surface area contributed by atoms with Crippen molar-refractivity contribution in [3.05, 3.63) is 15.5 Å². The fourth-order valence-corrected chi connectivity index (χ4v) is 1.30. The summed E-state index contributed by atoms with van der Waals surface area (Å²) >= 11 is 1.70. The topological polar surface area (TPSA) is 34.9 Å². The molecule has 3 nitrogen and oxygen atoms in total. The van der Waals surface area contributed by atoms with Gasteiger partial charge in [0.25, 0.3) is 0 Å². The molecular formula is C6H4F3IN2O. The summed E-state index contributed by atoms with van der Waals surface area (Å²) in [6, 6.07) is 0. The van der Waals surface area contributed by atoms with Crippen molar-refractivity contribution in [3.8, 4) is 0 Å². The third-order valence-electron chi connectivity index (χ3n) is 1.21. The summed E-state index contributed by atoms with van der Waals surface area (Å²) in [6.45, 7) is -1.17. The lowest BCUT2D eigenvalue weighted by atomic mass is 10.4. The van der Waals surface area contributed by atoms with E-state index in [4.69, 9.17) is 0 Å². The molecule has 1 aromatic heterocycles. The smallest absolute Gasteiger partial charge is 0.298 e. The van der Waals surface area contributed by atoms with E-state index in [1.807, 2.05) is 0 Å². The van der Waals surface area contributed by atoms with Crippen LogP contribution in [0.15, 0.2) is 6.20 Å². The van der Waals surface area contributed by atoms with Gasteiger partial charge in [0.15, 0.2) is 6.29 Å². The average Bonchev–Trinajstić information content (AvgIpc) is 2.26. The molecule has 1 aromatic rings. The largest absolute Gasteiger partial charge is 0.408 e. The number of carbonyl (C=O) groups is 1. The minimum atomic E-state index is -4.31. The number of rotatable bonds is 2. The van der Waals surface area contributed by atoms with Gasteiger partial charge >= 0.3 is 6.18 Å². The van der Waals surface area contributed by atoms with Crippen molar-refractivity contribution in [1.82, 2.24) is 9.78 Å². The number of hydrogen-bond donors (Lipinski definition) is 0. The molecule has 0 saturated heterocycles. The highest BCUT2D eigenvalue weighted by Crippen LogP contribution is 2.18. The third-order valence-corrected chi connectivity index (χ3v) is 2.05. The lowest BCUT2D eigenvalue weighted by Crippen LogP contribution is -2.18. The molecule has 13 heavy (non-hydrogen) atoms. The standard InChI is InChI=1S/C6H4F3IN2O/c7-6(8,9)3-12-1-4(2-13)5(10)11-12/h1-2H,3H2. The van der Waals surface area contributed by atoms with Gasteiger partial charge in [0.05, 0.1) is 5.56 Å². The monoisotopic (exact) mass is 304 g/mol. The van der Waals surface area contributed by atoms with Gasteiger partial charge in [-0.1, -0.05) is 0 Å². The number of carbonyl (C=O) groups excluding carboxylic acids is 1. The van der Waals surface area contributed by atoms with Gasteiger partial charge in [-0.2, -0.15) is 18.3 Å². The zero-order chi connectivity index (χ0) is 10.1. The van der Waals surface area contributed by atoms with Crippen molar-refractivity contribution >= 4 is 28.9 Å². The normalized spacial score (nSPS) is 11.7. The van der Waals surface area contributed by atoms with Crippen molar-refractivity contribution < 1.29 is 18.0 Å². The van der Waals surface area contributed by atoms with Crippen LogP contribution >= 0.6 is 22.6 Å².